The van der Waals surface area contributed by atoms with Crippen molar-refractivity contribution in [3.05, 3.63) is 12.4 Å². The van der Waals surface area contributed by atoms with Crippen molar-refractivity contribution in [2.24, 2.45) is 0 Å². The van der Waals surface area contributed by atoms with Gasteiger partial charge in [0.2, 0.25) is 0 Å². The monoisotopic (exact) mass is 208 g/mol. The van der Waals surface area contributed by atoms with Crippen LogP contribution in [0.3, 0.4) is 0 Å². The van der Waals surface area contributed by atoms with Crippen LogP contribution in [0.5, 0.6) is 0 Å². The Morgan fingerprint density at radius 2 is 2.40 bits per heavy atom. The summed E-state index contributed by atoms with van der Waals surface area (Å²) in [6, 6.07) is 0.619. The lowest BCUT2D eigenvalue weighted by molar-refractivity contribution is 0.466. The van der Waals surface area contributed by atoms with E-state index in [1.807, 2.05) is 10.9 Å². The van der Waals surface area contributed by atoms with Gasteiger partial charge in [0.25, 0.3) is 0 Å². The highest BCUT2D eigenvalue weighted by atomic mass is 15.3. The van der Waals surface area contributed by atoms with E-state index >= 15 is 0 Å². The van der Waals surface area contributed by atoms with Gasteiger partial charge in [-0.25, -0.2) is 0 Å². The van der Waals surface area contributed by atoms with Crippen LogP contribution in [0.25, 0.3) is 0 Å². The number of aryl methyl sites for hydroxylation is 1. The van der Waals surface area contributed by atoms with Crippen LogP contribution in [0, 0.1) is 0 Å². The number of hydrogen-bond acceptors (Lipinski definition) is 3. The van der Waals surface area contributed by atoms with E-state index in [0.717, 1.165) is 26.2 Å². The van der Waals surface area contributed by atoms with Crippen molar-refractivity contribution in [2.75, 3.05) is 24.5 Å². The van der Waals surface area contributed by atoms with Gasteiger partial charge >= 0.3 is 0 Å². The highest BCUT2D eigenvalue weighted by Crippen LogP contribution is 2.18. The van der Waals surface area contributed by atoms with Gasteiger partial charge in [-0.05, 0) is 13.3 Å². The molecular weight excluding hydrogens is 188 g/mol. The van der Waals surface area contributed by atoms with Gasteiger partial charge in [-0.3, -0.25) is 4.68 Å². The maximum Gasteiger partial charge on any atom is 0.0755 e. The van der Waals surface area contributed by atoms with Gasteiger partial charge < -0.3 is 10.2 Å². The molecule has 0 bridgehead atoms. The van der Waals surface area contributed by atoms with Gasteiger partial charge in [0.15, 0.2) is 0 Å². The molecule has 1 aliphatic heterocycles. The Labute approximate surface area is 91.3 Å². The van der Waals surface area contributed by atoms with Gasteiger partial charge in [-0.1, -0.05) is 6.92 Å². The first-order chi connectivity index (χ1) is 7.35. The lowest BCUT2D eigenvalue weighted by atomic mass is 10.1. The lowest BCUT2D eigenvalue weighted by Gasteiger charge is -2.36. The molecule has 1 aromatic heterocycles. The fourth-order valence-electron chi connectivity index (χ4n) is 2.14. The SMILES string of the molecule is CCC1CNCCN1c1cnn(CC)c1. The summed E-state index contributed by atoms with van der Waals surface area (Å²) in [7, 11) is 0. The van der Waals surface area contributed by atoms with Crippen molar-refractivity contribution in [1.82, 2.24) is 15.1 Å². The van der Waals surface area contributed by atoms with Gasteiger partial charge in [-0.15, -0.1) is 0 Å². The zero-order chi connectivity index (χ0) is 10.7. The number of nitrogens with one attached hydrogen (secondary N) is 1. The van der Waals surface area contributed by atoms with Crippen molar-refractivity contribution in [2.45, 2.75) is 32.9 Å². The van der Waals surface area contributed by atoms with E-state index < -0.39 is 0 Å². The summed E-state index contributed by atoms with van der Waals surface area (Å²) in [6.07, 6.45) is 5.32. The second-order valence-corrected chi connectivity index (χ2v) is 4.01. The van der Waals surface area contributed by atoms with Gasteiger partial charge in [0.05, 0.1) is 11.9 Å². The van der Waals surface area contributed by atoms with Gasteiger partial charge in [-0.2, -0.15) is 5.10 Å². The van der Waals surface area contributed by atoms with Gasteiger partial charge in [0.1, 0.15) is 0 Å². The average Bonchev–Trinajstić information content (AvgIpc) is 2.77. The molecule has 1 atom stereocenters. The summed E-state index contributed by atoms with van der Waals surface area (Å²) in [5, 5.41) is 7.77. The first-order valence-corrected chi connectivity index (χ1v) is 5.85. The number of aromatic nitrogens is 2. The smallest absolute Gasteiger partial charge is 0.0755 e. The van der Waals surface area contributed by atoms with Crippen LogP contribution >= 0.6 is 0 Å². The predicted molar refractivity (Wildman–Crippen MR) is 62.2 cm³/mol. The van der Waals surface area contributed by atoms with Crippen LogP contribution in [-0.2, 0) is 6.54 Å². The maximum absolute atomic E-state index is 4.33. The predicted octanol–water partition coefficient (Wildman–Crippen LogP) is 1.09. The molecular formula is C11H20N4. The first-order valence-electron chi connectivity index (χ1n) is 5.85. The average molecular weight is 208 g/mol. The summed E-state index contributed by atoms with van der Waals surface area (Å²) < 4.78 is 1.99. The van der Waals surface area contributed by atoms with E-state index in [-0.39, 0.29) is 0 Å². The third kappa shape index (κ3) is 2.15. The molecule has 0 radical (unpaired) electrons. The van der Waals surface area contributed by atoms with E-state index in [1.165, 1.54) is 12.1 Å². The largest absolute Gasteiger partial charge is 0.363 e. The summed E-state index contributed by atoms with van der Waals surface area (Å²) >= 11 is 0. The molecule has 1 aliphatic rings. The molecule has 0 saturated carbocycles. The molecule has 15 heavy (non-hydrogen) atoms. The van der Waals surface area contributed by atoms with E-state index in [9.17, 15) is 0 Å². The Morgan fingerprint density at radius 1 is 1.53 bits per heavy atom. The Morgan fingerprint density at radius 3 is 3.07 bits per heavy atom. The maximum atomic E-state index is 4.33. The first kappa shape index (κ1) is 10.5. The molecule has 0 aliphatic carbocycles. The Kier molecular flexibility index (Phi) is 3.26. The van der Waals surface area contributed by atoms with Crippen LogP contribution in [0.2, 0.25) is 0 Å². The summed E-state index contributed by atoms with van der Waals surface area (Å²) in [5.41, 5.74) is 1.27. The topological polar surface area (TPSA) is 33.1 Å². The fraction of sp³-hybridized carbons (Fsp3) is 0.727. The summed E-state index contributed by atoms with van der Waals surface area (Å²) in [6.45, 7) is 8.57. The highest BCUT2D eigenvalue weighted by Gasteiger charge is 2.21. The number of nitrogens with zero attached hydrogens (tertiary/aromatic N) is 3. The molecule has 2 heterocycles. The van der Waals surface area contributed by atoms with Crippen molar-refractivity contribution in [1.29, 1.82) is 0 Å². The van der Waals surface area contributed by atoms with E-state index in [2.05, 4.69) is 35.4 Å². The molecule has 1 unspecified atom stereocenters. The second kappa shape index (κ2) is 4.66. The Bertz CT molecular complexity index is 307. The third-order valence-corrected chi connectivity index (χ3v) is 3.10. The quantitative estimate of drug-likeness (QED) is 0.807. The number of piperazine rings is 1. The van der Waals surface area contributed by atoms with Gasteiger partial charge in [0, 0.05) is 38.4 Å². The number of rotatable bonds is 3. The van der Waals surface area contributed by atoms with E-state index in [4.69, 9.17) is 0 Å². The van der Waals surface area contributed by atoms with Crippen molar-refractivity contribution in [3.63, 3.8) is 0 Å². The standard InChI is InChI=1S/C11H20N4/c1-3-10-7-12-5-6-15(10)11-8-13-14(4-2)9-11/h8-10,12H,3-7H2,1-2H3. The minimum absolute atomic E-state index is 0.619. The Hall–Kier alpha value is -1.03. The molecule has 4 heteroatoms. The minimum Gasteiger partial charge on any atom is -0.363 e. The van der Waals surface area contributed by atoms with Crippen LogP contribution < -0.4 is 10.2 Å². The van der Waals surface area contributed by atoms with Crippen molar-refractivity contribution >= 4 is 5.69 Å². The van der Waals surface area contributed by atoms with Crippen molar-refractivity contribution in [3.8, 4) is 0 Å². The second-order valence-electron chi connectivity index (χ2n) is 4.01. The number of hydrogen-bond donors (Lipinski definition) is 1. The fourth-order valence-corrected chi connectivity index (χ4v) is 2.14. The molecule has 1 fully saturated rings. The zero-order valence-electron chi connectivity index (χ0n) is 9.61. The molecule has 0 spiro atoms. The zero-order valence-corrected chi connectivity index (χ0v) is 9.61. The molecule has 4 nitrogen and oxygen atoms in total. The molecule has 1 aromatic rings. The summed E-state index contributed by atoms with van der Waals surface area (Å²) in [5.74, 6) is 0. The minimum atomic E-state index is 0.619. The molecule has 1 N–H and O–H groups in total. The molecule has 2 rings (SSSR count). The molecule has 1 saturated heterocycles. The third-order valence-electron chi connectivity index (χ3n) is 3.10. The van der Waals surface area contributed by atoms with Crippen molar-refractivity contribution < 1.29 is 0 Å². The number of anilines is 1. The van der Waals surface area contributed by atoms with Crippen LogP contribution in [-0.4, -0.2) is 35.5 Å². The van der Waals surface area contributed by atoms with Crippen LogP contribution in [0.15, 0.2) is 12.4 Å². The Balaban J connectivity index is 2.12. The normalized spacial score (nSPS) is 22.0. The van der Waals surface area contributed by atoms with E-state index in [1.54, 1.807) is 0 Å². The van der Waals surface area contributed by atoms with E-state index in [0.29, 0.717) is 6.04 Å². The molecule has 0 amide bonds. The molecule has 0 aromatic carbocycles. The lowest BCUT2D eigenvalue weighted by Crippen LogP contribution is -2.51. The van der Waals surface area contributed by atoms with Crippen LogP contribution in [0.1, 0.15) is 20.3 Å². The molecule has 84 valence electrons. The summed E-state index contributed by atoms with van der Waals surface area (Å²) in [4.78, 5) is 2.47. The highest BCUT2D eigenvalue weighted by molar-refractivity contribution is 5.44. The van der Waals surface area contributed by atoms with Crippen LogP contribution in [0.4, 0.5) is 5.69 Å².